The molecule has 2 aromatic rings. The molecule has 1 aliphatic heterocycles. The van der Waals surface area contributed by atoms with Crippen LogP contribution in [0.3, 0.4) is 0 Å². The number of nitrogens with zero attached hydrogens (tertiary/aromatic N) is 2. The first-order chi connectivity index (χ1) is 12.5. The Morgan fingerprint density at radius 1 is 1.27 bits per heavy atom. The van der Waals surface area contributed by atoms with Gasteiger partial charge in [-0.15, -0.1) is 0 Å². The van der Waals surface area contributed by atoms with Gasteiger partial charge in [0.1, 0.15) is 17.2 Å². The molecule has 1 aliphatic rings. The smallest absolute Gasteiger partial charge is 0.330 e. The maximum atomic E-state index is 14.3. The summed E-state index contributed by atoms with van der Waals surface area (Å²) in [4.78, 5) is 29.2. The van der Waals surface area contributed by atoms with Crippen LogP contribution >= 0.6 is 21.6 Å². The standard InChI is InChI=1S/C15H16FN3O5S2/c16-11-12(21)8(7-25-26-10-3-1-2-5-17-10)24-14(13(11)22)19-6-4-9(20)18-15(19)23/h1-6,8,11-14,21-22H,7H2,(H,18,20,23)/t8-,11+,12-,13-,14-/m1/s1. The molecule has 26 heavy (non-hydrogen) atoms. The zero-order valence-corrected chi connectivity index (χ0v) is 14.9. The summed E-state index contributed by atoms with van der Waals surface area (Å²) in [6, 6.07) is 6.48. The first-order valence-corrected chi connectivity index (χ1v) is 9.97. The molecule has 0 aliphatic carbocycles. The van der Waals surface area contributed by atoms with E-state index < -0.39 is 42.0 Å². The molecular formula is C15H16FN3O5S2. The zero-order valence-electron chi connectivity index (χ0n) is 13.3. The van der Waals surface area contributed by atoms with Gasteiger partial charge in [-0.3, -0.25) is 14.3 Å². The second-order valence-corrected chi connectivity index (χ2v) is 7.91. The summed E-state index contributed by atoms with van der Waals surface area (Å²) in [5.41, 5.74) is -1.45. The predicted octanol–water partition coefficient (Wildman–Crippen LogP) is 0.329. The number of aliphatic hydroxyl groups is 2. The molecular weight excluding hydrogens is 385 g/mol. The van der Waals surface area contributed by atoms with Gasteiger partial charge in [-0.2, -0.15) is 0 Å². The van der Waals surface area contributed by atoms with Crippen molar-refractivity contribution in [2.45, 2.75) is 35.7 Å². The van der Waals surface area contributed by atoms with Gasteiger partial charge < -0.3 is 14.9 Å². The molecule has 0 unspecified atom stereocenters. The molecule has 3 N–H and O–H groups in total. The van der Waals surface area contributed by atoms with Crippen LogP contribution in [0.2, 0.25) is 0 Å². The fourth-order valence-electron chi connectivity index (χ4n) is 2.46. The molecule has 0 amide bonds. The molecule has 0 radical (unpaired) electrons. The topological polar surface area (TPSA) is 117 Å². The number of rotatable bonds is 5. The van der Waals surface area contributed by atoms with Gasteiger partial charge >= 0.3 is 5.69 Å². The van der Waals surface area contributed by atoms with Gasteiger partial charge in [-0.25, -0.2) is 14.2 Å². The molecule has 1 fully saturated rings. The highest BCUT2D eigenvalue weighted by Gasteiger charge is 2.46. The van der Waals surface area contributed by atoms with E-state index in [4.69, 9.17) is 4.74 Å². The largest absolute Gasteiger partial charge is 0.387 e. The Balaban J connectivity index is 1.72. The van der Waals surface area contributed by atoms with Crippen molar-refractivity contribution in [2.75, 3.05) is 5.75 Å². The number of hydrogen-bond donors (Lipinski definition) is 3. The molecule has 140 valence electrons. The monoisotopic (exact) mass is 401 g/mol. The van der Waals surface area contributed by atoms with E-state index in [1.54, 1.807) is 18.3 Å². The zero-order chi connectivity index (χ0) is 18.7. The van der Waals surface area contributed by atoms with Crippen LogP contribution in [0, 0.1) is 0 Å². The van der Waals surface area contributed by atoms with Crippen LogP contribution in [-0.2, 0) is 4.74 Å². The lowest BCUT2D eigenvalue weighted by atomic mass is 10.00. The van der Waals surface area contributed by atoms with Gasteiger partial charge in [-0.1, -0.05) is 16.9 Å². The van der Waals surface area contributed by atoms with Gasteiger partial charge in [0.15, 0.2) is 12.4 Å². The molecule has 11 heteroatoms. The normalized spacial score (nSPS) is 28.8. The average Bonchev–Trinajstić information content (AvgIpc) is 2.63. The van der Waals surface area contributed by atoms with Crippen molar-refractivity contribution < 1.29 is 19.3 Å². The van der Waals surface area contributed by atoms with Crippen LogP contribution in [0.5, 0.6) is 0 Å². The van der Waals surface area contributed by atoms with E-state index in [9.17, 15) is 24.2 Å². The van der Waals surface area contributed by atoms with Crippen LogP contribution in [0.1, 0.15) is 6.23 Å². The second-order valence-electron chi connectivity index (χ2n) is 5.54. The summed E-state index contributed by atoms with van der Waals surface area (Å²) in [5, 5.41) is 20.8. The Kier molecular flexibility index (Phi) is 6.14. The van der Waals surface area contributed by atoms with Gasteiger partial charge in [0.2, 0.25) is 0 Å². The predicted molar refractivity (Wildman–Crippen MR) is 94.7 cm³/mol. The van der Waals surface area contributed by atoms with E-state index in [1.165, 1.54) is 21.6 Å². The maximum absolute atomic E-state index is 14.3. The first kappa shape index (κ1) is 19.1. The molecule has 0 saturated carbocycles. The molecule has 2 aromatic heterocycles. The SMILES string of the molecule is O=c1ccn([C@@H]2O[C@H](CSSc3ccccn3)[C@@H](O)[C@H](F)[C@H]2O)c(=O)[nH]1. The third-order valence-electron chi connectivity index (χ3n) is 3.78. The quantitative estimate of drug-likeness (QED) is 0.614. The first-order valence-electron chi connectivity index (χ1n) is 7.65. The third-order valence-corrected chi connectivity index (χ3v) is 6.05. The molecule has 0 aromatic carbocycles. The van der Waals surface area contributed by atoms with Crippen LogP contribution in [-0.4, -0.2) is 55.0 Å². The average molecular weight is 401 g/mol. The Morgan fingerprint density at radius 3 is 2.77 bits per heavy atom. The van der Waals surface area contributed by atoms with Crippen LogP contribution in [0.15, 0.2) is 51.3 Å². The van der Waals surface area contributed by atoms with Crippen molar-refractivity contribution >= 4 is 21.6 Å². The van der Waals surface area contributed by atoms with E-state index in [2.05, 4.69) is 4.98 Å². The lowest BCUT2D eigenvalue weighted by molar-refractivity contribution is -0.223. The molecule has 1 saturated heterocycles. The van der Waals surface area contributed by atoms with E-state index in [1.807, 2.05) is 11.1 Å². The highest BCUT2D eigenvalue weighted by Crippen LogP contribution is 2.35. The van der Waals surface area contributed by atoms with Crippen molar-refractivity contribution in [3.05, 3.63) is 57.5 Å². The number of aliphatic hydroxyl groups excluding tert-OH is 2. The molecule has 0 bridgehead atoms. The van der Waals surface area contributed by atoms with E-state index >= 15 is 0 Å². The lowest BCUT2D eigenvalue weighted by Gasteiger charge is -2.39. The summed E-state index contributed by atoms with van der Waals surface area (Å²) < 4.78 is 20.8. The summed E-state index contributed by atoms with van der Waals surface area (Å²) >= 11 is 0. The number of aromatic nitrogens is 3. The van der Waals surface area contributed by atoms with Crippen LogP contribution in [0.25, 0.3) is 0 Å². The van der Waals surface area contributed by atoms with Crippen LogP contribution in [0.4, 0.5) is 4.39 Å². The van der Waals surface area contributed by atoms with Gasteiger partial charge in [0, 0.05) is 24.2 Å². The van der Waals surface area contributed by atoms with Crippen molar-refractivity contribution in [1.82, 2.24) is 14.5 Å². The number of aromatic amines is 1. The van der Waals surface area contributed by atoms with Gasteiger partial charge in [-0.05, 0) is 22.9 Å². The Labute approximate surface area is 154 Å². The Morgan fingerprint density at radius 2 is 2.08 bits per heavy atom. The Bertz CT molecular complexity index is 849. The number of alkyl halides is 1. The summed E-state index contributed by atoms with van der Waals surface area (Å²) in [7, 11) is 2.63. The van der Waals surface area contributed by atoms with Crippen molar-refractivity contribution in [3.63, 3.8) is 0 Å². The Hall–Kier alpha value is -1.66. The molecule has 8 nitrogen and oxygen atoms in total. The van der Waals surface area contributed by atoms with Crippen molar-refractivity contribution in [3.8, 4) is 0 Å². The summed E-state index contributed by atoms with van der Waals surface area (Å²) in [6.07, 6.45) is -4.86. The number of H-pyrrole nitrogens is 1. The molecule has 0 spiro atoms. The summed E-state index contributed by atoms with van der Waals surface area (Å²) in [5.74, 6) is 0.199. The maximum Gasteiger partial charge on any atom is 0.330 e. The van der Waals surface area contributed by atoms with E-state index in [0.717, 1.165) is 21.9 Å². The molecule has 3 rings (SSSR count). The van der Waals surface area contributed by atoms with E-state index in [-0.39, 0.29) is 5.75 Å². The highest BCUT2D eigenvalue weighted by molar-refractivity contribution is 8.76. The lowest BCUT2D eigenvalue weighted by Crippen LogP contribution is -2.56. The fourth-order valence-corrected chi connectivity index (χ4v) is 4.56. The van der Waals surface area contributed by atoms with Gasteiger partial charge in [0.25, 0.3) is 5.56 Å². The number of ether oxygens (including phenoxy) is 1. The number of pyridine rings is 1. The summed E-state index contributed by atoms with van der Waals surface area (Å²) in [6.45, 7) is 0. The minimum Gasteiger partial charge on any atom is -0.387 e. The number of halogens is 1. The number of nitrogens with one attached hydrogen (secondary N) is 1. The number of hydrogen-bond acceptors (Lipinski definition) is 8. The van der Waals surface area contributed by atoms with E-state index in [0.29, 0.717) is 0 Å². The fraction of sp³-hybridized carbons (Fsp3) is 0.400. The van der Waals surface area contributed by atoms with Gasteiger partial charge in [0.05, 0.1) is 6.10 Å². The van der Waals surface area contributed by atoms with Crippen LogP contribution < -0.4 is 11.2 Å². The molecule has 3 heterocycles. The second kappa shape index (κ2) is 8.35. The highest BCUT2D eigenvalue weighted by atomic mass is 33.1. The minimum absolute atomic E-state index is 0.199. The van der Waals surface area contributed by atoms with Crippen molar-refractivity contribution in [1.29, 1.82) is 0 Å². The molecule has 5 atom stereocenters. The third kappa shape index (κ3) is 4.18. The van der Waals surface area contributed by atoms with Crippen molar-refractivity contribution in [2.24, 2.45) is 0 Å². The minimum atomic E-state index is -2.00.